The largest absolute Gasteiger partial charge is 0.394 e. The van der Waals surface area contributed by atoms with E-state index in [4.69, 9.17) is 20.4 Å². The number of hydrogen-bond donors (Lipinski definition) is 4. The fourth-order valence-corrected chi connectivity index (χ4v) is 1.75. The molecule has 4 N–H and O–H groups in total. The van der Waals surface area contributed by atoms with Crippen LogP contribution in [-0.4, -0.2) is 51.6 Å². The molecule has 1 radical (unpaired) electrons. The first kappa shape index (κ1) is 22.7. The van der Waals surface area contributed by atoms with Crippen molar-refractivity contribution in [3.63, 3.8) is 0 Å². The van der Waals surface area contributed by atoms with Gasteiger partial charge in [0.05, 0.1) is 6.61 Å². The van der Waals surface area contributed by atoms with Crippen LogP contribution < -0.4 is 0 Å². The predicted octanol–water partition coefficient (Wildman–Crippen LogP) is 1.34. The Morgan fingerprint density at radius 3 is 1.71 bits per heavy atom. The lowest BCUT2D eigenvalue weighted by Crippen LogP contribution is -2.40. The van der Waals surface area contributed by atoms with Crippen LogP contribution in [0.5, 0.6) is 0 Å². The molecule has 0 aliphatic heterocycles. The van der Waals surface area contributed by atoms with Crippen LogP contribution in [0.25, 0.3) is 0 Å². The molecule has 0 aliphatic rings. The average molecular weight is 339 g/mol. The molecule has 137 valence electrons. The Bertz CT molecular complexity index is 470. The Hall–Kier alpha value is -1.27. The van der Waals surface area contributed by atoms with E-state index in [1.807, 2.05) is 0 Å². The summed E-state index contributed by atoms with van der Waals surface area (Å²) in [5.74, 6) is 0. The Morgan fingerprint density at radius 1 is 1.00 bits per heavy atom. The maximum absolute atomic E-state index is 9.76. The smallest absolute Gasteiger partial charge is 0.151 e. The van der Waals surface area contributed by atoms with Gasteiger partial charge in [0, 0.05) is 0 Å². The summed E-state index contributed by atoms with van der Waals surface area (Å²) < 4.78 is 0. The second kappa shape index (κ2) is 9.28. The van der Waals surface area contributed by atoms with Crippen molar-refractivity contribution in [2.45, 2.75) is 70.7 Å². The first-order chi connectivity index (χ1) is 10.8. The monoisotopic (exact) mass is 339 g/mol. The summed E-state index contributed by atoms with van der Waals surface area (Å²) in [6.45, 7) is 12.7. The number of benzene rings is 1. The minimum atomic E-state index is -1.64. The summed E-state index contributed by atoms with van der Waals surface area (Å²) in [4.78, 5) is 9.76. The topological polar surface area (TPSA) is 98.0 Å². The number of aliphatic hydroxyl groups is 4. The second-order valence-electron chi connectivity index (χ2n) is 7.88. The molecule has 0 fully saturated rings. The van der Waals surface area contributed by atoms with Crippen LogP contribution in [0.1, 0.15) is 52.7 Å². The Balaban J connectivity index is 0.000000470. The lowest BCUT2D eigenvalue weighted by Gasteiger charge is -2.24. The van der Waals surface area contributed by atoms with Gasteiger partial charge in [-0.2, -0.15) is 0 Å². The highest BCUT2D eigenvalue weighted by atomic mass is 16.4. The fraction of sp³-hybridized carbons (Fsp3) is 0.632. The van der Waals surface area contributed by atoms with Crippen LogP contribution in [0.15, 0.2) is 18.2 Å². The highest BCUT2D eigenvalue weighted by molar-refractivity contribution is 5.56. The average Bonchev–Trinajstić information content (AvgIpc) is 2.51. The molecule has 1 aromatic rings. The molecule has 0 amide bonds. The summed E-state index contributed by atoms with van der Waals surface area (Å²) in [7, 11) is 0. The standard InChI is InChI=1S/C14H21.C5H10O5/c1-13(2,3)11-8-7-9-12(10-11)14(4,5)6;6-1-3(8)5(10)4(9)2-7/h8-10H,1-6H3;1,3-5,7-10H,2H2/t;3-,4+,5+/m.0/s1. The first-order valence-electron chi connectivity index (χ1n) is 7.97. The van der Waals surface area contributed by atoms with Gasteiger partial charge < -0.3 is 25.2 Å². The SMILES string of the molecule is CC(C)(C)c1c[c]cc(C(C)(C)C)c1.O=C[C@H](O)[C@@H](O)[C@H](O)CO. The Kier molecular flexibility index (Phi) is 8.78. The summed E-state index contributed by atoms with van der Waals surface area (Å²) >= 11 is 0. The van der Waals surface area contributed by atoms with Crippen molar-refractivity contribution in [1.82, 2.24) is 0 Å². The Labute approximate surface area is 145 Å². The van der Waals surface area contributed by atoms with Gasteiger partial charge in [-0.3, -0.25) is 0 Å². The van der Waals surface area contributed by atoms with E-state index in [1.165, 1.54) is 11.1 Å². The minimum absolute atomic E-state index is 0.0869. The molecule has 0 bridgehead atoms. The second-order valence-corrected chi connectivity index (χ2v) is 7.88. The van der Waals surface area contributed by atoms with E-state index in [9.17, 15) is 4.79 Å². The van der Waals surface area contributed by atoms with E-state index in [-0.39, 0.29) is 17.1 Å². The molecule has 0 saturated carbocycles. The molecular formula is C19H31O5. The van der Waals surface area contributed by atoms with Gasteiger partial charge in [0.15, 0.2) is 6.29 Å². The summed E-state index contributed by atoms with van der Waals surface area (Å²) in [6.07, 6.45) is -4.63. The quantitative estimate of drug-likeness (QED) is 0.621. The van der Waals surface area contributed by atoms with Crippen LogP contribution in [0.4, 0.5) is 0 Å². The van der Waals surface area contributed by atoms with E-state index < -0.39 is 24.9 Å². The van der Waals surface area contributed by atoms with Crippen molar-refractivity contribution >= 4 is 6.29 Å². The van der Waals surface area contributed by atoms with Gasteiger partial charge in [0.1, 0.15) is 18.3 Å². The van der Waals surface area contributed by atoms with Crippen molar-refractivity contribution in [2.24, 2.45) is 0 Å². The van der Waals surface area contributed by atoms with Gasteiger partial charge in [0.2, 0.25) is 0 Å². The molecule has 0 saturated heterocycles. The van der Waals surface area contributed by atoms with Crippen molar-refractivity contribution in [2.75, 3.05) is 6.61 Å². The summed E-state index contributed by atoms with van der Waals surface area (Å²) in [5, 5.41) is 34.1. The van der Waals surface area contributed by atoms with E-state index in [0.717, 1.165) is 0 Å². The van der Waals surface area contributed by atoms with Gasteiger partial charge in [-0.05, 0) is 28.0 Å². The molecule has 3 atom stereocenters. The van der Waals surface area contributed by atoms with Crippen LogP contribution in [0.3, 0.4) is 0 Å². The predicted molar refractivity (Wildman–Crippen MR) is 93.8 cm³/mol. The van der Waals surface area contributed by atoms with Gasteiger partial charge in [-0.1, -0.05) is 59.7 Å². The molecule has 0 unspecified atom stereocenters. The molecule has 5 nitrogen and oxygen atoms in total. The van der Waals surface area contributed by atoms with E-state index in [1.54, 1.807) is 0 Å². The molecule has 1 aromatic carbocycles. The minimum Gasteiger partial charge on any atom is -0.394 e. The molecule has 0 spiro atoms. The maximum atomic E-state index is 9.76. The van der Waals surface area contributed by atoms with Crippen LogP contribution in [0, 0.1) is 6.07 Å². The third-order valence-corrected chi connectivity index (χ3v) is 3.59. The summed E-state index contributed by atoms with van der Waals surface area (Å²) in [5.41, 5.74) is 3.17. The van der Waals surface area contributed by atoms with Gasteiger partial charge in [0.25, 0.3) is 0 Å². The third kappa shape index (κ3) is 7.53. The van der Waals surface area contributed by atoms with Crippen molar-refractivity contribution < 1.29 is 25.2 Å². The molecule has 1 rings (SSSR count). The molecule has 0 heterocycles. The normalized spacial score (nSPS) is 15.8. The van der Waals surface area contributed by atoms with Gasteiger partial charge in [-0.15, -0.1) is 0 Å². The van der Waals surface area contributed by atoms with E-state index in [0.29, 0.717) is 0 Å². The van der Waals surface area contributed by atoms with Crippen molar-refractivity contribution in [1.29, 1.82) is 0 Å². The molecule has 0 aromatic heterocycles. The number of carbonyl (C=O) groups is 1. The van der Waals surface area contributed by atoms with Crippen molar-refractivity contribution in [3.8, 4) is 0 Å². The van der Waals surface area contributed by atoms with E-state index in [2.05, 4.69) is 65.8 Å². The number of aliphatic hydroxyl groups excluding tert-OH is 4. The zero-order valence-corrected chi connectivity index (χ0v) is 15.4. The van der Waals surface area contributed by atoms with Crippen LogP contribution in [0.2, 0.25) is 0 Å². The van der Waals surface area contributed by atoms with Crippen LogP contribution >= 0.6 is 0 Å². The van der Waals surface area contributed by atoms with Crippen LogP contribution in [-0.2, 0) is 15.6 Å². The van der Waals surface area contributed by atoms with Gasteiger partial charge >= 0.3 is 0 Å². The number of rotatable bonds is 4. The highest BCUT2D eigenvalue weighted by Gasteiger charge is 2.23. The van der Waals surface area contributed by atoms with E-state index >= 15 is 0 Å². The fourth-order valence-electron chi connectivity index (χ4n) is 1.75. The molecule has 5 heteroatoms. The number of hydrogen-bond acceptors (Lipinski definition) is 5. The van der Waals surface area contributed by atoms with Gasteiger partial charge in [-0.25, -0.2) is 0 Å². The Morgan fingerprint density at radius 2 is 1.42 bits per heavy atom. The zero-order chi connectivity index (χ0) is 19.1. The zero-order valence-electron chi connectivity index (χ0n) is 15.4. The lowest BCUT2D eigenvalue weighted by atomic mass is 9.81. The molecular weight excluding hydrogens is 308 g/mol. The number of carbonyl (C=O) groups excluding carboxylic acids is 1. The number of aldehydes is 1. The molecule has 0 aliphatic carbocycles. The highest BCUT2D eigenvalue weighted by Crippen LogP contribution is 2.28. The summed E-state index contributed by atoms with van der Waals surface area (Å²) in [6, 6.07) is 9.73. The molecule has 24 heavy (non-hydrogen) atoms. The first-order valence-corrected chi connectivity index (χ1v) is 7.97. The third-order valence-electron chi connectivity index (χ3n) is 3.59. The lowest BCUT2D eigenvalue weighted by molar-refractivity contribution is -0.127. The van der Waals surface area contributed by atoms with Crippen molar-refractivity contribution in [3.05, 3.63) is 35.4 Å². The maximum Gasteiger partial charge on any atom is 0.151 e.